The molecule has 1 aromatic rings. The molecule has 1 atom stereocenters. The van der Waals surface area contributed by atoms with Gasteiger partial charge in [0.15, 0.2) is 0 Å². The number of nitrogens with one attached hydrogen (secondary N) is 1. The van der Waals surface area contributed by atoms with E-state index in [1.54, 1.807) is 6.92 Å². The minimum Gasteiger partial charge on any atom is -0.480 e. The summed E-state index contributed by atoms with van der Waals surface area (Å²) in [6.45, 7) is 1.70. The summed E-state index contributed by atoms with van der Waals surface area (Å²) in [7, 11) is 0. The van der Waals surface area contributed by atoms with Crippen LogP contribution in [0.1, 0.15) is 35.7 Å². The molecule has 0 aromatic carbocycles. The van der Waals surface area contributed by atoms with Gasteiger partial charge in [0.25, 0.3) is 5.91 Å². The van der Waals surface area contributed by atoms with Crippen molar-refractivity contribution in [2.75, 3.05) is 0 Å². The van der Waals surface area contributed by atoms with Crippen molar-refractivity contribution < 1.29 is 27.9 Å². The lowest BCUT2D eigenvalue weighted by molar-refractivity contribution is -0.139. The number of aliphatic carboxylic acids is 1. The number of carboxylic acid groups (broad SMARTS) is 1. The van der Waals surface area contributed by atoms with Gasteiger partial charge >= 0.3 is 12.1 Å². The van der Waals surface area contributed by atoms with Crippen molar-refractivity contribution in [1.29, 1.82) is 0 Å². The van der Waals surface area contributed by atoms with Crippen LogP contribution >= 0.6 is 0 Å². The van der Waals surface area contributed by atoms with Crippen molar-refractivity contribution in [3.63, 3.8) is 0 Å². The number of nitrogens with zero attached hydrogens (tertiary/aromatic N) is 1. The van der Waals surface area contributed by atoms with Gasteiger partial charge in [0.2, 0.25) is 0 Å². The Morgan fingerprint density at radius 3 is 2.60 bits per heavy atom. The predicted molar refractivity (Wildman–Crippen MR) is 63.0 cm³/mol. The molecule has 1 heterocycles. The maximum atomic E-state index is 12.7. The van der Waals surface area contributed by atoms with Gasteiger partial charge < -0.3 is 10.4 Å². The number of pyridine rings is 1. The Kier molecular flexibility index (Phi) is 5.06. The van der Waals surface area contributed by atoms with Gasteiger partial charge in [-0.3, -0.25) is 9.78 Å². The standard InChI is InChI=1S/C12H13F3N2O3/c1-2-3-9(11(19)20)17-10(18)7-4-5-16-6-8(7)12(13,14)15/h4-6,9H,2-3H2,1H3,(H,17,18)(H,19,20). The normalized spacial score (nSPS) is 12.8. The summed E-state index contributed by atoms with van der Waals surface area (Å²) < 4.78 is 38.1. The number of carbonyl (C=O) groups is 2. The molecule has 0 saturated carbocycles. The second-order valence-electron chi connectivity index (χ2n) is 4.07. The first kappa shape index (κ1) is 15.9. The van der Waals surface area contributed by atoms with Crippen molar-refractivity contribution >= 4 is 11.9 Å². The molecule has 5 nitrogen and oxygen atoms in total. The number of alkyl halides is 3. The monoisotopic (exact) mass is 290 g/mol. The summed E-state index contributed by atoms with van der Waals surface area (Å²) in [4.78, 5) is 26.0. The van der Waals surface area contributed by atoms with E-state index in [9.17, 15) is 22.8 Å². The molecule has 1 aromatic heterocycles. The number of carbonyl (C=O) groups excluding carboxylic acids is 1. The smallest absolute Gasteiger partial charge is 0.418 e. The quantitative estimate of drug-likeness (QED) is 0.870. The highest BCUT2D eigenvalue weighted by molar-refractivity contribution is 5.97. The summed E-state index contributed by atoms with van der Waals surface area (Å²) in [5, 5.41) is 11.0. The van der Waals surface area contributed by atoms with E-state index in [1.807, 2.05) is 0 Å². The maximum Gasteiger partial charge on any atom is 0.418 e. The second-order valence-corrected chi connectivity index (χ2v) is 4.07. The predicted octanol–water partition coefficient (Wildman–Crippen LogP) is 2.08. The number of hydrogen-bond acceptors (Lipinski definition) is 3. The molecule has 0 aliphatic rings. The first-order valence-electron chi connectivity index (χ1n) is 5.82. The summed E-state index contributed by atoms with van der Waals surface area (Å²) >= 11 is 0. The zero-order valence-electron chi connectivity index (χ0n) is 10.6. The van der Waals surface area contributed by atoms with Crippen molar-refractivity contribution in [1.82, 2.24) is 10.3 Å². The summed E-state index contributed by atoms with van der Waals surface area (Å²) in [6, 6.07) is -0.315. The third kappa shape index (κ3) is 3.94. The minimum atomic E-state index is -4.73. The average molecular weight is 290 g/mol. The summed E-state index contributed by atoms with van der Waals surface area (Å²) in [5.74, 6) is -2.37. The number of halogens is 3. The lowest BCUT2D eigenvalue weighted by atomic mass is 10.1. The van der Waals surface area contributed by atoms with Crippen molar-refractivity contribution in [3.8, 4) is 0 Å². The van der Waals surface area contributed by atoms with Crippen LogP contribution < -0.4 is 5.32 Å². The van der Waals surface area contributed by atoms with E-state index in [0.29, 0.717) is 12.6 Å². The molecule has 1 unspecified atom stereocenters. The molecule has 1 amide bonds. The van der Waals surface area contributed by atoms with Crippen LogP contribution in [-0.2, 0) is 11.0 Å². The first-order valence-corrected chi connectivity index (χ1v) is 5.82. The van der Waals surface area contributed by atoms with E-state index in [4.69, 9.17) is 5.11 Å². The minimum absolute atomic E-state index is 0.132. The van der Waals surface area contributed by atoms with Crippen molar-refractivity contribution in [3.05, 3.63) is 29.6 Å². The van der Waals surface area contributed by atoms with E-state index >= 15 is 0 Å². The van der Waals surface area contributed by atoms with E-state index in [1.165, 1.54) is 0 Å². The van der Waals surface area contributed by atoms with Crippen LogP contribution in [0.15, 0.2) is 18.5 Å². The van der Waals surface area contributed by atoms with Crippen molar-refractivity contribution in [2.45, 2.75) is 32.0 Å². The summed E-state index contributed by atoms with van der Waals surface area (Å²) in [6.07, 6.45) is -2.55. The highest BCUT2D eigenvalue weighted by atomic mass is 19.4. The molecule has 0 aliphatic heterocycles. The number of amides is 1. The van der Waals surface area contributed by atoms with Gasteiger partial charge in [0.1, 0.15) is 6.04 Å². The Morgan fingerprint density at radius 2 is 2.10 bits per heavy atom. The first-order chi connectivity index (χ1) is 9.27. The zero-order chi connectivity index (χ0) is 15.3. The lowest BCUT2D eigenvalue weighted by Crippen LogP contribution is -2.41. The van der Waals surface area contributed by atoms with Crippen LogP contribution in [0.2, 0.25) is 0 Å². The van der Waals surface area contributed by atoms with E-state index in [2.05, 4.69) is 10.3 Å². The summed E-state index contributed by atoms with van der Waals surface area (Å²) in [5.41, 5.74) is -1.84. The Labute approximate surface area is 112 Å². The molecule has 20 heavy (non-hydrogen) atoms. The third-order valence-corrected chi connectivity index (χ3v) is 2.55. The van der Waals surface area contributed by atoms with Crippen LogP contribution in [0.5, 0.6) is 0 Å². The highest BCUT2D eigenvalue weighted by Crippen LogP contribution is 2.31. The largest absolute Gasteiger partial charge is 0.480 e. The Morgan fingerprint density at radius 1 is 1.45 bits per heavy atom. The Balaban J connectivity index is 3.01. The molecule has 0 spiro atoms. The number of hydrogen-bond donors (Lipinski definition) is 2. The fourth-order valence-electron chi connectivity index (χ4n) is 1.60. The van der Waals surface area contributed by atoms with E-state index < -0.39 is 35.2 Å². The molecule has 0 saturated heterocycles. The van der Waals surface area contributed by atoms with Crippen LogP contribution in [0.25, 0.3) is 0 Å². The highest BCUT2D eigenvalue weighted by Gasteiger charge is 2.36. The van der Waals surface area contributed by atoms with Crippen molar-refractivity contribution in [2.24, 2.45) is 0 Å². The second kappa shape index (κ2) is 6.36. The molecule has 2 N–H and O–H groups in total. The maximum absolute atomic E-state index is 12.7. The zero-order valence-corrected chi connectivity index (χ0v) is 10.6. The SMILES string of the molecule is CCCC(NC(=O)c1ccncc1C(F)(F)F)C(=O)O. The molecule has 0 bridgehead atoms. The molecule has 110 valence electrons. The molecular weight excluding hydrogens is 277 g/mol. The Bertz CT molecular complexity index is 503. The molecular formula is C12H13F3N2O3. The molecule has 0 fully saturated rings. The third-order valence-electron chi connectivity index (χ3n) is 2.55. The Hall–Kier alpha value is -2.12. The lowest BCUT2D eigenvalue weighted by Gasteiger charge is -2.16. The fraction of sp³-hybridized carbons (Fsp3) is 0.417. The van der Waals surface area contributed by atoms with Gasteiger partial charge in [-0.1, -0.05) is 13.3 Å². The van der Waals surface area contributed by atoms with Gasteiger partial charge in [-0.2, -0.15) is 13.2 Å². The molecule has 0 radical (unpaired) electrons. The van der Waals surface area contributed by atoms with Crippen LogP contribution in [0.3, 0.4) is 0 Å². The molecule has 8 heteroatoms. The van der Waals surface area contributed by atoms with Crippen LogP contribution in [0, 0.1) is 0 Å². The van der Waals surface area contributed by atoms with Gasteiger partial charge in [-0.25, -0.2) is 4.79 Å². The number of rotatable bonds is 5. The fourth-order valence-corrected chi connectivity index (χ4v) is 1.60. The number of aromatic nitrogens is 1. The van der Waals surface area contributed by atoms with E-state index in [-0.39, 0.29) is 6.42 Å². The molecule has 0 aliphatic carbocycles. The van der Waals surface area contributed by atoms with Gasteiger partial charge in [-0.15, -0.1) is 0 Å². The van der Waals surface area contributed by atoms with Gasteiger partial charge in [0.05, 0.1) is 11.1 Å². The van der Waals surface area contributed by atoms with Gasteiger partial charge in [0, 0.05) is 12.4 Å². The van der Waals surface area contributed by atoms with Crippen LogP contribution in [-0.4, -0.2) is 28.0 Å². The van der Waals surface area contributed by atoms with E-state index in [0.717, 1.165) is 12.3 Å². The van der Waals surface area contributed by atoms with Gasteiger partial charge in [-0.05, 0) is 12.5 Å². The number of carboxylic acids is 1. The average Bonchev–Trinajstić information content (AvgIpc) is 2.37. The molecule has 1 rings (SSSR count). The topological polar surface area (TPSA) is 79.3 Å². The van der Waals surface area contributed by atoms with Crippen LogP contribution in [0.4, 0.5) is 13.2 Å².